The molecule has 32 heavy (non-hydrogen) atoms. The van der Waals surface area contributed by atoms with Crippen LogP contribution in [0.4, 0.5) is 11.4 Å². The third-order valence-electron chi connectivity index (χ3n) is 5.10. The summed E-state index contributed by atoms with van der Waals surface area (Å²) in [6.45, 7) is 4.01. The van der Waals surface area contributed by atoms with E-state index in [1.165, 1.54) is 17.7 Å². The second-order valence-corrected chi connectivity index (χ2v) is 9.88. The number of ether oxygens (including phenoxy) is 1. The lowest BCUT2D eigenvalue weighted by Crippen LogP contribution is -2.29. The third kappa shape index (κ3) is 5.60. The Bertz CT molecular complexity index is 1260. The number of hydrogen-bond acceptors (Lipinski definition) is 4. The molecule has 0 aliphatic rings. The van der Waals surface area contributed by atoms with E-state index in [1.807, 2.05) is 26.0 Å². The first-order chi connectivity index (χ1) is 15.1. The minimum atomic E-state index is -3.54. The monoisotopic (exact) mass is 472 g/mol. The van der Waals surface area contributed by atoms with Crippen LogP contribution in [-0.4, -0.2) is 27.7 Å². The highest BCUT2D eigenvalue weighted by atomic mass is 35.5. The molecule has 0 fully saturated rings. The first-order valence-corrected chi connectivity index (χ1v) is 12.1. The molecule has 0 aliphatic carbocycles. The molecule has 6 nitrogen and oxygen atoms in total. The quantitative estimate of drug-likeness (QED) is 0.513. The fourth-order valence-electron chi connectivity index (χ4n) is 3.23. The van der Waals surface area contributed by atoms with Gasteiger partial charge in [-0.3, -0.25) is 9.10 Å². The predicted molar refractivity (Wildman–Crippen MR) is 129 cm³/mol. The van der Waals surface area contributed by atoms with Crippen LogP contribution < -0.4 is 14.4 Å². The first-order valence-electron chi connectivity index (χ1n) is 9.87. The summed E-state index contributed by atoms with van der Waals surface area (Å²) in [6.07, 6.45) is 1.17. The van der Waals surface area contributed by atoms with E-state index in [1.54, 1.807) is 48.5 Å². The van der Waals surface area contributed by atoms with Crippen molar-refractivity contribution in [3.63, 3.8) is 0 Å². The van der Waals surface area contributed by atoms with Gasteiger partial charge in [0.25, 0.3) is 5.91 Å². The second kappa shape index (κ2) is 9.63. The van der Waals surface area contributed by atoms with Crippen LogP contribution in [0.5, 0.6) is 5.75 Å². The molecular weight excluding hydrogens is 448 g/mol. The number of anilines is 2. The van der Waals surface area contributed by atoms with Gasteiger partial charge in [0.05, 0.1) is 31.3 Å². The van der Waals surface area contributed by atoms with E-state index in [0.29, 0.717) is 33.3 Å². The number of methoxy groups -OCH3 is 1. The van der Waals surface area contributed by atoms with Crippen LogP contribution in [0.15, 0.2) is 60.7 Å². The number of carbonyl (C=O) groups is 1. The SMILES string of the molecule is COc1ccc(Cl)cc1NC(=O)c1cccc(CN(c2ccc(C)c(C)c2)S(C)(=O)=O)c1. The lowest BCUT2D eigenvalue weighted by Gasteiger charge is -2.23. The van der Waals surface area contributed by atoms with Crippen LogP contribution in [0.3, 0.4) is 0 Å². The number of benzene rings is 3. The minimum Gasteiger partial charge on any atom is -0.495 e. The highest BCUT2D eigenvalue weighted by molar-refractivity contribution is 7.92. The van der Waals surface area contributed by atoms with Crippen LogP contribution >= 0.6 is 11.6 Å². The van der Waals surface area contributed by atoms with Crippen molar-refractivity contribution in [3.05, 3.63) is 87.9 Å². The maximum Gasteiger partial charge on any atom is 0.255 e. The molecule has 3 rings (SSSR count). The molecule has 0 heterocycles. The molecular formula is C24H25ClN2O4S. The molecule has 3 aromatic carbocycles. The summed E-state index contributed by atoms with van der Waals surface area (Å²) in [5, 5.41) is 3.26. The van der Waals surface area contributed by atoms with Crippen molar-refractivity contribution in [3.8, 4) is 5.75 Å². The van der Waals surface area contributed by atoms with E-state index >= 15 is 0 Å². The number of hydrogen-bond donors (Lipinski definition) is 1. The Hall–Kier alpha value is -3.03. The van der Waals surface area contributed by atoms with Gasteiger partial charge in [0.2, 0.25) is 10.0 Å². The maximum atomic E-state index is 12.8. The summed E-state index contributed by atoms with van der Waals surface area (Å²) in [4.78, 5) is 12.8. The summed E-state index contributed by atoms with van der Waals surface area (Å²) < 4.78 is 31.6. The van der Waals surface area contributed by atoms with Gasteiger partial charge in [-0.2, -0.15) is 0 Å². The van der Waals surface area contributed by atoms with Gasteiger partial charge in [0.15, 0.2) is 0 Å². The fraction of sp³-hybridized carbons (Fsp3) is 0.208. The van der Waals surface area contributed by atoms with Gasteiger partial charge in [-0.25, -0.2) is 8.42 Å². The van der Waals surface area contributed by atoms with Crippen molar-refractivity contribution in [1.82, 2.24) is 0 Å². The normalized spacial score (nSPS) is 11.2. The maximum absolute atomic E-state index is 12.8. The molecule has 1 N–H and O–H groups in total. The van der Waals surface area contributed by atoms with Crippen LogP contribution in [-0.2, 0) is 16.6 Å². The summed E-state index contributed by atoms with van der Waals surface area (Å²) in [6, 6.07) is 17.3. The van der Waals surface area contributed by atoms with E-state index in [4.69, 9.17) is 16.3 Å². The predicted octanol–water partition coefficient (Wildman–Crippen LogP) is 5.18. The number of aryl methyl sites for hydroxylation is 2. The Labute approximate surface area is 193 Å². The standard InChI is InChI=1S/C24H25ClN2O4S/c1-16-8-10-21(12-17(16)2)27(32(4,29)30)15-18-6-5-7-19(13-18)24(28)26-22-14-20(25)9-11-23(22)31-3/h5-14H,15H2,1-4H3,(H,26,28). The Kier molecular flexibility index (Phi) is 7.11. The molecule has 3 aromatic rings. The van der Waals surface area contributed by atoms with Gasteiger partial charge in [-0.05, 0) is 73.0 Å². The average Bonchev–Trinajstić information content (AvgIpc) is 2.74. The molecule has 8 heteroatoms. The van der Waals surface area contributed by atoms with E-state index < -0.39 is 10.0 Å². The van der Waals surface area contributed by atoms with Crippen LogP contribution in [0.2, 0.25) is 5.02 Å². The van der Waals surface area contributed by atoms with Crippen molar-refractivity contribution < 1.29 is 17.9 Å². The van der Waals surface area contributed by atoms with E-state index in [0.717, 1.165) is 11.1 Å². The molecule has 168 valence electrons. The Morgan fingerprint density at radius 2 is 1.78 bits per heavy atom. The van der Waals surface area contributed by atoms with Crippen LogP contribution in [0.1, 0.15) is 27.0 Å². The van der Waals surface area contributed by atoms with Crippen LogP contribution in [0.25, 0.3) is 0 Å². The van der Waals surface area contributed by atoms with Crippen molar-refractivity contribution in [2.45, 2.75) is 20.4 Å². The van der Waals surface area contributed by atoms with Gasteiger partial charge < -0.3 is 10.1 Å². The Morgan fingerprint density at radius 3 is 2.44 bits per heavy atom. The fourth-order valence-corrected chi connectivity index (χ4v) is 4.28. The molecule has 0 aromatic heterocycles. The lowest BCUT2D eigenvalue weighted by molar-refractivity contribution is 0.102. The number of amides is 1. The van der Waals surface area contributed by atoms with Crippen molar-refractivity contribution in [1.29, 1.82) is 0 Å². The molecule has 0 atom stereocenters. The van der Waals surface area contributed by atoms with Crippen LogP contribution in [0, 0.1) is 13.8 Å². The van der Waals surface area contributed by atoms with E-state index in [-0.39, 0.29) is 12.5 Å². The molecule has 0 bridgehead atoms. The topological polar surface area (TPSA) is 75.7 Å². The summed E-state index contributed by atoms with van der Waals surface area (Å²) in [7, 11) is -2.03. The molecule has 0 unspecified atom stereocenters. The number of halogens is 1. The smallest absolute Gasteiger partial charge is 0.255 e. The van der Waals surface area contributed by atoms with Gasteiger partial charge in [0, 0.05) is 10.6 Å². The molecule has 0 aliphatic heterocycles. The van der Waals surface area contributed by atoms with Gasteiger partial charge in [-0.1, -0.05) is 29.8 Å². The number of sulfonamides is 1. The van der Waals surface area contributed by atoms with E-state index in [9.17, 15) is 13.2 Å². The summed E-state index contributed by atoms with van der Waals surface area (Å²) >= 11 is 6.04. The minimum absolute atomic E-state index is 0.100. The zero-order valence-electron chi connectivity index (χ0n) is 18.3. The third-order valence-corrected chi connectivity index (χ3v) is 6.48. The Balaban J connectivity index is 1.88. The zero-order valence-corrected chi connectivity index (χ0v) is 19.9. The number of rotatable bonds is 7. The number of nitrogens with zero attached hydrogens (tertiary/aromatic N) is 1. The number of carbonyl (C=O) groups excluding carboxylic acids is 1. The second-order valence-electron chi connectivity index (χ2n) is 7.54. The molecule has 1 amide bonds. The van der Waals surface area contributed by atoms with Gasteiger partial charge in [0.1, 0.15) is 5.75 Å². The largest absolute Gasteiger partial charge is 0.495 e. The highest BCUT2D eigenvalue weighted by Crippen LogP contribution is 2.28. The molecule has 0 saturated carbocycles. The Morgan fingerprint density at radius 1 is 1.03 bits per heavy atom. The first kappa shape index (κ1) is 23.6. The van der Waals surface area contributed by atoms with Crippen molar-refractivity contribution >= 4 is 38.9 Å². The zero-order chi connectivity index (χ0) is 23.5. The van der Waals surface area contributed by atoms with Gasteiger partial charge in [-0.15, -0.1) is 0 Å². The van der Waals surface area contributed by atoms with Gasteiger partial charge >= 0.3 is 0 Å². The van der Waals surface area contributed by atoms with Crippen molar-refractivity contribution in [2.75, 3.05) is 23.0 Å². The highest BCUT2D eigenvalue weighted by Gasteiger charge is 2.19. The lowest BCUT2D eigenvalue weighted by atomic mass is 10.1. The molecule has 0 spiro atoms. The van der Waals surface area contributed by atoms with Crippen molar-refractivity contribution in [2.24, 2.45) is 0 Å². The van der Waals surface area contributed by atoms with E-state index in [2.05, 4.69) is 5.32 Å². The average molecular weight is 473 g/mol. The summed E-state index contributed by atoms with van der Waals surface area (Å²) in [5.41, 5.74) is 4.17. The molecule has 0 radical (unpaired) electrons. The summed E-state index contributed by atoms with van der Waals surface area (Å²) in [5.74, 6) is 0.126. The number of nitrogens with one attached hydrogen (secondary N) is 1. The molecule has 0 saturated heterocycles.